The fourth-order valence-electron chi connectivity index (χ4n) is 17.1. The van der Waals surface area contributed by atoms with Crippen LogP contribution in [0.3, 0.4) is 0 Å². The fraction of sp³-hybridized carbons (Fsp3) is 0.241. The number of anilines is 3. The second-order valence-corrected chi connectivity index (χ2v) is 36.9. The Morgan fingerprint density at radius 3 is 0.869 bits per heavy atom. The lowest BCUT2D eigenvalue weighted by Gasteiger charge is -2.36. The standard InChI is InChI=1S/C43H40N4O4S.C39H34N4O2S.C24H26N4O4S.C4H7ClO2.C2HF3O2/c1-2-39(48)50-31-51-42(49)40-41(52-38-27-23-33(24-28-38)32-21-25-37(26-22-32)46-29-13-6-14-30-46)44-45-47(40)43(34-15-7-3-8-16-34,35-17-9-4-10-18-35)36-19-11-5-12-20-36;44-38(45)36-37(46-35-25-21-30(22-26-35)29-19-23-34(24-20-29)42-27-11-4-12-28-42)40-41-43(36)39(31-13-5-1-6-14-31,32-15-7-2-8-16-32)33-17-9-3-10-18-33;1-2-21(29)31-16-32-24(30)22-23(26-27-25-22)33-20-12-8-18(9-13-20)17-6-10-19(11-7-17)28-14-4-3-5-15-28;1-2-4(6)7-3-5;3-2(4,5)1(6)7/h3-5,7-12,15-28H,2,6,13-14,29-31H2,1H3;1-3,5-10,13-26H,4,11-12,27-28H2,(H,44,45);6-13H,2-5,14-16H2,1H3,(H,25,26,27);2-3H2,1H3;(H,6,7). The Kier molecular flexibility index (Phi) is 38.1. The lowest BCUT2D eigenvalue weighted by atomic mass is 9.77. The second kappa shape index (κ2) is 52.2. The van der Waals surface area contributed by atoms with E-state index < -0.39 is 66.7 Å². The van der Waals surface area contributed by atoms with Crippen LogP contribution in [0.25, 0.3) is 33.4 Å². The number of aromatic nitrogens is 9. The first-order valence-electron chi connectivity index (χ1n) is 47.6. The van der Waals surface area contributed by atoms with Gasteiger partial charge < -0.3 is 48.6 Å². The number of rotatable bonds is 31. The Labute approximate surface area is 856 Å². The van der Waals surface area contributed by atoms with Gasteiger partial charge in [0.1, 0.15) is 11.1 Å². The molecule has 3 saturated heterocycles. The smallest absolute Gasteiger partial charge is 0.476 e. The van der Waals surface area contributed by atoms with Crippen molar-refractivity contribution < 1.29 is 80.6 Å². The van der Waals surface area contributed by atoms with Gasteiger partial charge in [-0.2, -0.15) is 18.4 Å². The maximum absolute atomic E-state index is 14.2. The summed E-state index contributed by atoms with van der Waals surface area (Å²) in [6.07, 6.45) is 7.15. The summed E-state index contributed by atoms with van der Waals surface area (Å²) in [4.78, 5) is 91.6. The van der Waals surface area contributed by atoms with Gasteiger partial charge in [-0.3, -0.25) is 14.4 Å². The van der Waals surface area contributed by atoms with Gasteiger partial charge in [0.25, 0.3) is 0 Å². The third kappa shape index (κ3) is 27.3. The molecule has 0 unspecified atom stereocenters. The van der Waals surface area contributed by atoms with Crippen LogP contribution >= 0.6 is 46.9 Å². The van der Waals surface area contributed by atoms with Crippen LogP contribution in [-0.4, -0.2) is 162 Å². The summed E-state index contributed by atoms with van der Waals surface area (Å²) in [6, 6.07) is 110. The number of carbonyl (C=O) groups excluding carboxylic acids is 5. The molecule has 3 fully saturated rings. The fourth-order valence-corrected chi connectivity index (χ4v) is 19.7. The predicted octanol–water partition coefficient (Wildman–Crippen LogP) is 24.1. The molecule has 0 saturated carbocycles. The SMILES string of the molecule is CCC(=O)OCCl.CCC(=O)OCOC(=O)c1c(Sc2ccc(-c3ccc(N4CCCCC4)cc3)cc2)nnn1C(c1ccccc1)(c1ccccc1)c1ccccc1.CCC(=O)OCOC(=O)c1n[nH]nc1Sc1ccc(-c2ccc(N3CCCCC3)cc2)cc1.O=C(O)C(F)(F)F.O=C(O)c1c(Sc2ccc(-c3ccc(N4CCCCC4)cc3)cc2)nnn1C(c1ccccc1)(c1ccccc1)c1ccccc1. The minimum Gasteiger partial charge on any atom is -0.476 e. The number of benzene rings is 12. The number of carboxylic acids is 2. The molecule has 12 aromatic carbocycles. The van der Waals surface area contributed by atoms with E-state index >= 15 is 0 Å². The van der Waals surface area contributed by atoms with Crippen LogP contribution in [0.2, 0.25) is 0 Å². The van der Waals surface area contributed by atoms with E-state index in [1.165, 1.54) is 110 Å². The van der Waals surface area contributed by atoms with Crippen LogP contribution in [-0.2, 0) is 53.9 Å². The minimum atomic E-state index is -5.08. The van der Waals surface area contributed by atoms with Gasteiger partial charge in [0.05, 0.1) is 0 Å². The van der Waals surface area contributed by atoms with Crippen LogP contribution in [0, 0.1) is 0 Å². The van der Waals surface area contributed by atoms with Crippen molar-refractivity contribution >= 4 is 106 Å². The number of carbonyl (C=O) groups is 7. The summed E-state index contributed by atoms with van der Waals surface area (Å²) < 4.78 is 59.8. The van der Waals surface area contributed by atoms with Crippen LogP contribution in [0.5, 0.6) is 0 Å². The van der Waals surface area contributed by atoms with Crippen LogP contribution < -0.4 is 14.7 Å². The normalized spacial score (nSPS) is 13.0. The van der Waals surface area contributed by atoms with E-state index in [9.17, 15) is 47.0 Å². The van der Waals surface area contributed by atoms with Crippen molar-refractivity contribution in [1.29, 1.82) is 0 Å². The van der Waals surface area contributed by atoms with Gasteiger partial charge in [-0.15, -0.1) is 20.4 Å². The van der Waals surface area contributed by atoms with E-state index in [1.807, 2.05) is 231 Å². The molecule has 15 aromatic rings. The number of alkyl halides is 4. The molecule has 33 heteroatoms. The number of ether oxygens (including phenoxy) is 5. The Bertz CT molecular complexity index is 6510. The van der Waals surface area contributed by atoms with E-state index in [4.69, 9.17) is 45.7 Å². The quantitative estimate of drug-likeness (QED) is 0.0119. The molecule has 3 aliphatic heterocycles. The lowest BCUT2D eigenvalue weighted by Crippen LogP contribution is -2.41. The molecule has 3 N–H and O–H groups in total. The highest BCUT2D eigenvalue weighted by Crippen LogP contribution is 2.47. The summed E-state index contributed by atoms with van der Waals surface area (Å²) in [5.74, 6) is -6.44. The van der Waals surface area contributed by atoms with Gasteiger partial charge in [0.15, 0.2) is 32.5 Å². The third-order valence-electron chi connectivity index (χ3n) is 24.3. The van der Waals surface area contributed by atoms with Crippen LogP contribution in [0.4, 0.5) is 30.2 Å². The number of hydrogen-bond acceptors (Lipinski definition) is 24. The molecule has 0 aliphatic carbocycles. The van der Waals surface area contributed by atoms with Gasteiger partial charge in [-0.1, -0.05) is 333 Å². The Hall–Kier alpha value is -15.1. The molecule has 0 amide bonds. The zero-order valence-corrected chi connectivity index (χ0v) is 83.2. The van der Waals surface area contributed by atoms with Crippen molar-refractivity contribution in [3.8, 4) is 33.4 Å². The van der Waals surface area contributed by atoms with E-state index in [0.29, 0.717) is 21.5 Å². The van der Waals surface area contributed by atoms with Gasteiger partial charge in [-0.25, -0.2) is 28.5 Å². The Morgan fingerprint density at radius 2 is 0.600 bits per heavy atom. The number of aromatic carboxylic acids is 1. The summed E-state index contributed by atoms with van der Waals surface area (Å²) in [6.45, 7) is 10.8. The molecule has 3 aromatic heterocycles. The number of aromatic amines is 1. The molecular weight excluding hydrogens is 1930 g/mol. The van der Waals surface area contributed by atoms with E-state index in [1.54, 1.807) is 30.1 Å². The van der Waals surface area contributed by atoms with Gasteiger partial charge in [0.2, 0.25) is 19.3 Å². The van der Waals surface area contributed by atoms with Crippen molar-refractivity contribution in [3.63, 3.8) is 0 Å². The average molecular weight is 2030 g/mol. The van der Waals surface area contributed by atoms with Gasteiger partial charge >= 0.3 is 48.0 Å². The topological polar surface area (TPSA) is 319 Å². The van der Waals surface area contributed by atoms with Gasteiger partial charge in [0, 0.05) is 90.3 Å². The number of carboxylic acid groups (broad SMARTS) is 2. The highest BCUT2D eigenvalue weighted by atomic mass is 35.5. The predicted molar refractivity (Wildman–Crippen MR) is 553 cm³/mol. The molecule has 145 heavy (non-hydrogen) atoms. The summed E-state index contributed by atoms with van der Waals surface area (Å²) in [5.41, 5.74) is 13.8. The monoisotopic (exact) mass is 2030 g/mol. The van der Waals surface area contributed by atoms with Crippen molar-refractivity contribution in [3.05, 3.63) is 378 Å². The van der Waals surface area contributed by atoms with Crippen molar-refractivity contribution in [1.82, 2.24) is 45.4 Å². The molecule has 746 valence electrons. The van der Waals surface area contributed by atoms with Crippen LogP contribution in [0.15, 0.2) is 357 Å². The first-order chi connectivity index (χ1) is 70.6. The average Bonchev–Trinajstić information content (AvgIpc) is 1.66. The molecule has 0 atom stereocenters. The highest BCUT2D eigenvalue weighted by molar-refractivity contribution is 7.99. The molecule has 0 radical (unpaired) electrons. The van der Waals surface area contributed by atoms with Crippen molar-refractivity contribution in [2.45, 2.75) is 145 Å². The Morgan fingerprint density at radius 1 is 0.338 bits per heavy atom. The van der Waals surface area contributed by atoms with Crippen LogP contribution in [0.1, 0.15) is 163 Å². The van der Waals surface area contributed by atoms with Gasteiger partial charge in [-0.05, 0) is 197 Å². The second-order valence-electron chi connectivity index (χ2n) is 33.5. The number of H-pyrrole nitrogens is 1. The number of hydrogen-bond donors (Lipinski definition) is 3. The number of halogens is 4. The largest absolute Gasteiger partial charge is 0.490 e. The molecule has 26 nitrogen and oxygen atoms in total. The number of nitrogens with one attached hydrogen (secondary N) is 1. The molecular formula is C112H108ClF3N12O14S3. The Balaban J connectivity index is 0.000000164. The first kappa shape index (κ1) is 106. The summed E-state index contributed by atoms with van der Waals surface area (Å²) in [5, 5.41) is 47.7. The summed E-state index contributed by atoms with van der Waals surface area (Å²) >= 11 is 8.96. The maximum Gasteiger partial charge on any atom is 0.490 e. The molecule has 6 heterocycles. The lowest BCUT2D eigenvalue weighted by molar-refractivity contribution is -0.192. The molecule has 18 rings (SSSR count). The first-order valence-corrected chi connectivity index (χ1v) is 50.6. The highest BCUT2D eigenvalue weighted by Gasteiger charge is 2.46. The number of aliphatic carboxylic acids is 1. The number of nitrogens with zero attached hydrogens (tertiary/aromatic N) is 11. The van der Waals surface area contributed by atoms with E-state index in [0.717, 1.165) is 121 Å². The molecule has 0 spiro atoms. The summed E-state index contributed by atoms with van der Waals surface area (Å²) in [7, 11) is 0. The zero-order valence-electron chi connectivity index (χ0n) is 80.0. The van der Waals surface area contributed by atoms with E-state index in [2.05, 4.69) is 147 Å². The zero-order chi connectivity index (χ0) is 102. The maximum atomic E-state index is 14.2. The number of piperidine rings is 3. The molecule has 0 bridgehead atoms. The third-order valence-corrected chi connectivity index (χ3v) is 27.3. The van der Waals surface area contributed by atoms with E-state index in [-0.39, 0.29) is 42.0 Å². The van der Waals surface area contributed by atoms with Crippen molar-refractivity contribution in [2.24, 2.45) is 0 Å². The number of esters is 5. The van der Waals surface area contributed by atoms with Crippen molar-refractivity contribution in [2.75, 3.05) is 73.6 Å². The minimum absolute atomic E-state index is 0.0268. The molecule has 3 aliphatic rings.